The number of hydrogen-bond donors (Lipinski definition) is 1. The van der Waals surface area contributed by atoms with Crippen molar-refractivity contribution in [3.63, 3.8) is 0 Å². The highest BCUT2D eigenvalue weighted by Crippen LogP contribution is 2.18. The minimum atomic E-state index is 0.0101. The Labute approximate surface area is 106 Å². The molecule has 1 N–H and O–H groups in total. The van der Waals surface area contributed by atoms with Crippen molar-refractivity contribution in [2.24, 2.45) is 0 Å². The second-order valence-corrected chi connectivity index (χ2v) is 5.34. The summed E-state index contributed by atoms with van der Waals surface area (Å²) in [5, 5.41) is 0. The third-order valence-electron chi connectivity index (χ3n) is 3.99. The molecule has 2 aromatic rings. The van der Waals surface area contributed by atoms with Crippen molar-refractivity contribution in [2.45, 2.75) is 32.4 Å². The highest BCUT2D eigenvalue weighted by Gasteiger charge is 2.22. The number of nitrogens with one attached hydrogen (secondary N) is 1. The summed E-state index contributed by atoms with van der Waals surface area (Å²) in [6.45, 7) is 3.97. The number of nitrogens with zero attached hydrogens (tertiary/aromatic N) is 2. The van der Waals surface area contributed by atoms with E-state index in [0.29, 0.717) is 6.04 Å². The Hall–Kier alpha value is -1.55. The fourth-order valence-corrected chi connectivity index (χ4v) is 2.88. The minimum Gasteiger partial charge on any atom is -0.306 e. The highest BCUT2D eigenvalue weighted by molar-refractivity contribution is 5.75. The Morgan fingerprint density at radius 3 is 3.00 bits per heavy atom. The van der Waals surface area contributed by atoms with Gasteiger partial charge in [-0.05, 0) is 51.1 Å². The lowest BCUT2D eigenvalue weighted by Crippen LogP contribution is -2.32. The van der Waals surface area contributed by atoms with Crippen molar-refractivity contribution in [3.05, 3.63) is 34.2 Å². The van der Waals surface area contributed by atoms with Gasteiger partial charge in [0.25, 0.3) is 0 Å². The van der Waals surface area contributed by atoms with Crippen LogP contribution in [0, 0.1) is 6.92 Å². The molecular formula is C14H19N3O. The van der Waals surface area contributed by atoms with Gasteiger partial charge in [-0.25, -0.2) is 4.79 Å². The molecule has 1 aromatic carbocycles. The van der Waals surface area contributed by atoms with Crippen molar-refractivity contribution >= 4 is 11.0 Å². The van der Waals surface area contributed by atoms with Crippen LogP contribution in [-0.2, 0) is 6.54 Å². The Morgan fingerprint density at radius 2 is 2.28 bits per heavy atom. The number of likely N-dealkylation sites (tertiary alicyclic amines) is 1. The van der Waals surface area contributed by atoms with Gasteiger partial charge in [-0.2, -0.15) is 0 Å². The molecule has 1 unspecified atom stereocenters. The third-order valence-corrected chi connectivity index (χ3v) is 3.99. The maximum atomic E-state index is 12.0. The van der Waals surface area contributed by atoms with Crippen molar-refractivity contribution in [2.75, 3.05) is 13.6 Å². The molecule has 0 bridgehead atoms. The number of H-pyrrole nitrogens is 1. The number of likely N-dealkylation sites (N-methyl/N-ethyl adjacent to an activating group) is 1. The molecule has 1 saturated heterocycles. The predicted octanol–water partition coefficient (Wildman–Crippen LogP) is 1.73. The Bertz CT molecular complexity index is 625. The van der Waals surface area contributed by atoms with Crippen molar-refractivity contribution in [1.29, 1.82) is 0 Å². The molecule has 4 heteroatoms. The largest absolute Gasteiger partial charge is 0.326 e. The fourth-order valence-electron chi connectivity index (χ4n) is 2.88. The van der Waals surface area contributed by atoms with Gasteiger partial charge in [0.05, 0.1) is 11.0 Å². The van der Waals surface area contributed by atoms with Crippen molar-refractivity contribution in [1.82, 2.24) is 14.5 Å². The molecule has 0 saturated carbocycles. The maximum Gasteiger partial charge on any atom is 0.326 e. The number of hydrogen-bond acceptors (Lipinski definition) is 2. The lowest BCUT2D eigenvalue weighted by Gasteiger charge is -2.19. The Balaban J connectivity index is 2.01. The van der Waals surface area contributed by atoms with Gasteiger partial charge in [0.2, 0.25) is 0 Å². The van der Waals surface area contributed by atoms with Crippen LogP contribution in [0.5, 0.6) is 0 Å². The molecule has 18 heavy (non-hydrogen) atoms. The molecule has 1 aliphatic heterocycles. The smallest absolute Gasteiger partial charge is 0.306 e. The number of benzene rings is 1. The van der Waals surface area contributed by atoms with Crippen molar-refractivity contribution in [3.8, 4) is 0 Å². The quantitative estimate of drug-likeness (QED) is 0.875. The summed E-state index contributed by atoms with van der Waals surface area (Å²) in [6.07, 6.45) is 2.42. The monoisotopic (exact) mass is 245 g/mol. The van der Waals surface area contributed by atoms with Crippen LogP contribution < -0.4 is 5.69 Å². The lowest BCUT2D eigenvalue weighted by atomic mass is 10.2. The van der Waals surface area contributed by atoms with Gasteiger partial charge in [-0.1, -0.05) is 6.07 Å². The van der Waals surface area contributed by atoms with E-state index in [4.69, 9.17) is 0 Å². The molecule has 96 valence electrons. The first-order chi connectivity index (χ1) is 8.65. The van der Waals surface area contributed by atoms with E-state index >= 15 is 0 Å². The fraction of sp³-hybridized carbons (Fsp3) is 0.500. The molecular weight excluding hydrogens is 226 g/mol. The van der Waals surface area contributed by atoms with E-state index in [1.54, 1.807) is 0 Å². The number of imidazole rings is 1. The molecule has 4 nitrogen and oxygen atoms in total. The minimum absolute atomic E-state index is 0.0101. The summed E-state index contributed by atoms with van der Waals surface area (Å²) in [5.74, 6) is 0. The average molecular weight is 245 g/mol. The van der Waals surface area contributed by atoms with Crippen LogP contribution in [0.4, 0.5) is 0 Å². The van der Waals surface area contributed by atoms with E-state index in [1.165, 1.54) is 18.4 Å². The van der Waals surface area contributed by atoms with Gasteiger partial charge in [-0.15, -0.1) is 0 Å². The van der Waals surface area contributed by atoms with E-state index in [0.717, 1.165) is 24.1 Å². The van der Waals surface area contributed by atoms with Crippen molar-refractivity contribution < 1.29 is 0 Å². The summed E-state index contributed by atoms with van der Waals surface area (Å²) in [4.78, 5) is 17.3. The Kier molecular flexibility index (Phi) is 2.74. The van der Waals surface area contributed by atoms with Gasteiger partial charge < -0.3 is 9.88 Å². The molecule has 1 atom stereocenters. The molecule has 0 radical (unpaired) electrons. The normalized spacial score (nSPS) is 20.9. The SMILES string of the molecule is Cc1ccc2c(c1)[nH]c(=O)n2CC1CCCN1C. The number of aromatic nitrogens is 2. The molecule has 1 aromatic heterocycles. The van der Waals surface area contributed by atoms with E-state index < -0.39 is 0 Å². The summed E-state index contributed by atoms with van der Waals surface area (Å²) in [5.41, 5.74) is 3.15. The Morgan fingerprint density at radius 1 is 1.44 bits per heavy atom. The molecule has 0 aliphatic carbocycles. The summed E-state index contributed by atoms with van der Waals surface area (Å²) >= 11 is 0. The van der Waals surface area contributed by atoms with Crippen LogP contribution in [-0.4, -0.2) is 34.1 Å². The highest BCUT2D eigenvalue weighted by atomic mass is 16.1. The summed E-state index contributed by atoms with van der Waals surface area (Å²) in [6, 6.07) is 6.62. The second kappa shape index (κ2) is 4.28. The van der Waals surface area contributed by atoms with Gasteiger partial charge in [-0.3, -0.25) is 4.57 Å². The number of aryl methyl sites for hydroxylation is 1. The van der Waals surface area contributed by atoms with E-state index in [1.807, 2.05) is 23.6 Å². The van der Waals surface area contributed by atoms with E-state index in [-0.39, 0.29) is 5.69 Å². The standard InChI is InChI=1S/C14H19N3O/c1-10-5-6-13-12(8-10)15-14(18)17(13)9-11-4-3-7-16(11)2/h5-6,8,11H,3-4,7,9H2,1-2H3,(H,15,18). The zero-order chi connectivity index (χ0) is 12.7. The molecule has 0 spiro atoms. The lowest BCUT2D eigenvalue weighted by molar-refractivity contribution is 0.282. The van der Waals surface area contributed by atoms with Crippen LogP contribution in [0.2, 0.25) is 0 Å². The maximum absolute atomic E-state index is 12.0. The topological polar surface area (TPSA) is 41.0 Å². The third kappa shape index (κ3) is 1.86. The average Bonchev–Trinajstić information content (AvgIpc) is 2.85. The predicted molar refractivity (Wildman–Crippen MR) is 72.9 cm³/mol. The zero-order valence-electron chi connectivity index (χ0n) is 10.9. The molecule has 2 heterocycles. The van der Waals surface area contributed by atoms with Gasteiger partial charge in [0.1, 0.15) is 0 Å². The zero-order valence-corrected chi connectivity index (χ0v) is 10.9. The first-order valence-corrected chi connectivity index (χ1v) is 6.54. The van der Waals surface area contributed by atoms with Crippen LogP contribution in [0.1, 0.15) is 18.4 Å². The van der Waals surface area contributed by atoms with E-state index in [9.17, 15) is 4.79 Å². The van der Waals surface area contributed by atoms with Gasteiger partial charge in [0.15, 0.2) is 0 Å². The molecule has 3 rings (SSSR count). The first kappa shape index (κ1) is 11.5. The van der Waals surface area contributed by atoms with Crippen LogP contribution in [0.15, 0.2) is 23.0 Å². The van der Waals surface area contributed by atoms with Gasteiger partial charge >= 0.3 is 5.69 Å². The first-order valence-electron chi connectivity index (χ1n) is 6.54. The number of aromatic amines is 1. The number of fused-ring (bicyclic) bond motifs is 1. The summed E-state index contributed by atoms with van der Waals surface area (Å²) < 4.78 is 1.88. The van der Waals surface area contributed by atoms with Crippen LogP contribution in [0.3, 0.4) is 0 Å². The van der Waals surface area contributed by atoms with Gasteiger partial charge in [0, 0.05) is 12.6 Å². The molecule has 0 amide bonds. The summed E-state index contributed by atoms with van der Waals surface area (Å²) in [7, 11) is 2.14. The van der Waals surface area contributed by atoms with E-state index in [2.05, 4.69) is 23.0 Å². The molecule has 1 fully saturated rings. The number of rotatable bonds is 2. The van der Waals surface area contributed by atoms with Crippen LogP contribution >= 0.6 is 0 Å². The van der Waals surface area contributed by atoms with Crippen LogP contribution in [0.25, 0.3) is 11.0 Å². The molecule has 1 aliphatic rings. The second-order valence-electron chi connectivity index (χ2n) is 5.34.